The summed E-state index contributed by atoms with van der Waals surface area (Å²) in [5, 5.41) is 2.94. The lowest BCUT2D eigenvalue weighted by Crippen LogP contribution is -2.54. The van der Waals surface area contributed by atoms with Gasteiger partial charge in [-0.1, -0.05) is 13.0 Å². The normalized spacial score (nSPS) is 12.1. The lowest BCUT2D eigenvalue weighted by Gasteiger charge is -2.32. The molecule has 1 aromatic carbocycles. The Labute approximate surface area is 203 Å². The first-order valence-corrected chi connectivity index (χ1v) is 11.6. The summed E-state index contributed by atoms with van der Waals surface area (Å²) >= 11 is 0.791. The number of nitrogens with one attached hydrogen (secondary N) is 1. The Morgan fingerprint density at radius 2 is 1.82 bits per heavy atom. The number of carbonyl (C=O) groups is 3. The Morgan fingerprint density at radius 3 is 2.32 bits per heavy atom. The van der Waals surface area contributed by atoms with E-state index in [4.69, 9.17) is 20.9 Å². The van der Waals surface area contributed by atoms with Crippen molar-refractivity contribution in [2.45, 2.75) is 52.1 Å². The number of anilines is 1. The number of rotatable bonds is 10. The molecule has 0 aliphatic rings. The van der Waals surface area contributed by atoms with Crippen LogP contribution >= 0.6 is 11.5 Å². The first-order chi connectivity index (χ1) is 15.9. The molecule has 11 heteroatoms. The van der Waals surface area contributed by atoms with Crippen molar-refractivity contribution in [1.29, 1.82) is 0 Å². The molecule has 0 saturated heterocycles. The number of benzene rings is 1. The molecule has 2 aromatic rings. The van der Waals surface area contributed by atoms with E-state index in [1.54, 1.807) is 20.3 Å². The molecule has 34 heavy (non-hydrogen) atoms. The third-order valence-corrected chi connectivity index (χ3v) is 5.92. The van der Waals surface area contributed by atoms with Gasteiger partial charge in [-0.2, -0.15) is 4.37 Å². The van der Waals surface area contributed by atoms with Crippen LogP contribution in [0.5, 0.6) is 11.5 Å². The maximum atomic E-state index is 13.6. The zero-order valence-corrected chi connectivity index (χ0v) is 21.2. The number of nitrogens with zero attached hydrogens (tertiary/aromatic N) is 2. The fraction of sp³-hybridized carbons (Fsp3) is 0.478. The van der Waals surface area contributed by atoms with Gasteiger partial charge in [-0.25, -0.2) is 0 Å². The highest BCUT2D eigenvalue weighted by Crippen LogP contribution is 2.29. The molecule has 0 spiro atoms. The fourth-order valence-electron chi connectivity index (χ4n) is 3.44. The number of primary amides is 1. The molecule has 0 radical (unpaired) electrons. The number of nitrogens with two attached hydrogens (primary N) is 2. The van der Waals surface area contributed by atoms with E-state index in [-0.39, 0.29) is 28.7 Å². The molecule has 1 aromatic heterocycles. The molecule has 1 heterocycles. The quantitative estimate of drug-likeness (QED) is 0.461. The molecule has 0 saturated carbocycles. The van der Waals surface area contributed by atoms with E-state index in [0.717, 1.165) is 17.1 Å². The summed E-state index contributed by atoms with van der Waals surface area (Å²) in [6.45, 7) is 7.65. The van der Waals surface area contributed by atoms with Gasteiger partial charge in [-0.15, -0.1) is 0 Å². The van der Waals surface area contributed by atoms with Gasteiger partial charge in [0.15, 0.2) is 17.2 Å². The largest absolute Gasteiger partial charge is 0.493 e. The van der Waals surface area contributed by atoms with Crippen molar-refractivity contribution in [3.63, 3.8) is 0 Å². The lowest BCUT2D eigenvalue weighted by molar-refractivity contribution is -0.127. The van der Waals surface area contributed by atoms with E-state index in [9.17, 15) is 14.4 Å². The second-order valence-corrected chi connectivity index (χ2v) is 9.51. The monoisotopic (exact) mass is 491 g/mol. The summed E-state index contributed by atoms with van der Waals surface area (Å²) in [7, 11) is 3.10. The summed E-state index contributed by atoms with van der Waals surface area (Å²) in [6, 6.07) is 4.71. The molecular weight excluding hydrogens is 458 g/mol. The first kappa shape index (κ1) is 26.9. The molecule has 1 unspecified atom stereocenters. The van der Waals surface area contributed by atoms with Crippen LogP contribution in [0.15, 0.2) is 18.2 Å². The summed E-state index contributed by atoms with van der Waals surface area (Å²) in [5.74, 6) is -0.435. The van der Waals surface area contributed by atoms with Gasteiger partial charge in [0, 0.05) is 12.1 Å². The highest BCUT2D eigenvalue weighted by atomic mass is 32.1. The maximum Gasteiger partial charge on any atom is 0.270 e. The number of nitrogen functional groups attached to an aromatic ring is 1. The SMILES string of the molecule is CCC(C(=O)NC(C)(C)C)N(CCc1ccc(OC)c(OC)c1)C(=O)c1snc(C(N)=O)c1N. The van der Waals surface area contributed by atoms with Crippen LogP contribution in [0.1, 0.15) is 59.8 Å². The van der Waals surface area contributed by atoms with Gasteiger partial charge in [0.25, 0.3) is 11.8 Å². The van der Waals surface area contributed by atoms with Crippen molar-refractivity contribution in [1.82, 2.24) is 14.6 Å². The summed E-state index contributed by atoms with van der Waals surface area (Å²) in [6.07, 6.45) is 0.813. The van der Waals surface area contributed by atoms with Crippen LogP contribution in [-0.4, -0.2) is 59.3 Å². The highest BCUT2D eigenvalue weighted by Gasteiger charge is 2.33. The molecule has 3 amide bonds. The number of hydrogen-bond donors (Lipinski definition) is 3. The Bertz CT molecular complexity index is 1050. The number of hydrogen-bond acceptors (Lipinski definition) is 8. The van der Waals surface area contributed by atoms with Crippen molar-refractivity contribution in [2.75, 3.05) is 26.5 Å². The maximum absolute atomic E-state index is 13.6. The molecular formula is C23H33N5O5S. The van der Waals surface area contributed by atoms with Crippen molar-refractivity contribution < 1.29 is 23.9 Å². The van der Waals surface area contributed by atoms with Crippen LogP contribution in [0.4, 0.5) is 5.69 Å². The average molecular weight is 492 g/mol. The van der Waals surface area contributed by atoms with Crippen LogP contribution in [-0.2, 0) is 11.2 Å². The molecule has 5 N–H and O–H groups in total. The number of ether oxygens (including phenoxy) is 2. The number of carbonyl (C=O) groups excluding carboxylic acids is 3. The minimum absolute atomic E-state index is 0.0723. The van der Waals surface area contributed by atoms with Crippen LogP contribution in [0, 0.1) is 0 Å². The van der Waals surface area contributed by atoms with E-state index < -0.39 is 23.4 Å². The predicted molar refractivity (Wildman–Crippen MR) is 131 cm³/mol. The molecule has 0 aliphatic carbocycles. The van der Waals surface area contributed by atoms with Gasteiger partial charge in [-0.3, -0.25) is 14.4 Å². The topological polar surface area (TPSA) is 150 Å². The van der Waals surface area contributed by atoms with E-state index in [0.29, 0.717) is 24.3 Å². The minimum atomic E-state index is -0.817. The fourth-order valence-corrected chi connectivity index (χ4v) is 4.21. The van der Waals surface area contributed by atoms with Crippen LogP contribution in [0.3, 0.4) is 0 Å². The van der Waals surface area contributed by atoms with E-state index >= 15 is 0 Å². The van der Waals surface area contributed by atoms with Gasteiger partial charge in [0.1, 0.15) is 10.9 Å². The first-order valence-electron chi connectivity index (χ1n) is 10.8. The summed E-state index contributed by atoms with van der Waals surface area (Å²) in [4.78, 5) is 39.8. The van der Waals surface area contributed by atoms with E-state index in [1.807, 2.05) is 39.8 Å². The standard InChI is InChI=1S/C23H33N5O5S/c1-7-14(21(30)26-23(2,3)4)28(22(31)19-17(24)18(20(25)29)27-34-19)11-10-13-8-9-15(32-5)16(12-13)33-6/h8-9,12,14H,7,10-11,24H2,1-6H3,(H2,25,29)(H,26,30). The minimum Gasteiger partial charge on any atom is -0.493 e. The number of aromatic nitrogens is 1. The Kier molecular flexibility index (Phi) is 8.86. The van der Waals surface area contributed by atoms with Crippen LogP contribution in [0.25, 0.3) is 0 Å². The molecule has 0 bridgehead atoms. The molecule has 0 aliphatic heterocycles. The second kappa shape index (κ2) is 11.2. The zero-order chi connectivity index (χ0) is 25.6. The van der Waals surface area contributed by atoms with E-state index in [1.165, 1.54) is 4.90 Å². The number of amides is 3. The van der Waals surface area contributed by atoms with Gasteiger partial charge in [-0.05, 0) is 62.8 Å². The molecule has 2 rings (SSSR count). The third-order valence-electron chi connectivity index (χ3n) is 5.07. The molecule has 186 valence electrons. The molecule has 10 nitrogen and oxygen atoms in total. The third kappa shape index (κ3) is 6.37. The van der Waals surface area contributed by atoms with Crippen LogP contribution in [0.2, 0.25) is 0 Å². The van der Waals surface area contributed by atoms with E-state index in [2.05, 4.69) is 9.69 Å². The van der Waals surface area contributed by atoms with Gasteiger partial charge >= 0.3 is 0 Å². The lowest BCUT2D eigenvalue weighted by atomic mass is 10.0. The molecule has 0 fully saturated rings. The van der Waals surface area contributed by atoms with Gasteiger partial charge in [0.05, 0.1) is 19.9 Å². The van der Waals surface area contributed by atoms with Crippen molar-refractivity contribution in [3.8, 4) is 11.5 Å². The Hall–Kier alpha value is -3.34. The van der Waals surface area contributed by atoms with Crippen molar-refractivity contribution in [3.05, 3.63) is 34.3 Å². The van der Waals surface area contributed by atoms with Crippen LogP contribution < -0.4 is 26.3 Å². The van der Waals surface area contributed by atoms with Gasteiger partial charge < -0.3 is 31.2 Å². The Balaban J connectivity index is 2.41. The van der Waals surface area contributed by atoms with Crippen molar-refractivity contribution in [2.24, 2.45) is 5.73 Å². The smallest absolute Gasteiger partial charge is 0.270 e. The summed E-state index contributed by atoms with van der Waals surface area (Å²) in [5.41, 5.74) is 11.5. The average Bonchev–Trinajstić information content (AvgIpc) is 3.16. The Morgan fingerprint density at radius 1 is 1.18 bits per heavy atom. The number of methoxy groups -OCH3 is 2. The molecule has 1 atom stereocenters. The zero-order valence-electron chi connectivity index (χ0n) is 20.4. The second-order valence-electron chi connectivity index (χ2n) is 8.74. The highest BCUT2D eigenvalue weighted by molar-refractivity contribution is 7.09. The van der Waals surface area contributed by atoms with Gasteiger partial charge in [0.2, 0.25) is 5.91 Å². The summed E-state index contributed by atoms with van der Waals surface area (Å²) < 4.78 is 14.6. The predicted octanol–water partition coefficient (Wildman–Crippen LogP) is 2.22. The van der Waals surface area contributed by atoms with Crippen molar-refractivity contribution >= 4 is 34.9 Å².